The number of esters is 1. The van der Waals surface area contributed by atoms with Crippen LogP contribution in [0.25, 0.3) is 0 Å². The molecule has 0 bridgehead atoms. The van der Waals surface area contributed by atoms with E-state index in [2.05, 4.69) is 17.4 Å². The molecule has 0 aromatic heterocycles. The van der Waals surface area contributed by atoms with Gasteiger partial charge >= 0.3 is 5.97 Å². The Morgan fingerprint density at radius 2 is 2.29 bits per heavy atom. The highest BCUT2D eigenvalue weighted by Gasteiger charge is 2.14. The number of halogens is 1. The fraction of sp³-hybridized carbons (Fsp3) is 0.111. The number of hydrogen-bond donors (Lipinski definition) is 1. The lowest BCUT2D eigenvalue weighted by molar-refractivity contribution is 0.0600. The smallest absolute Gasteiger partial charge is 0.339 e. The molecule has 0 spiro atoms. The summed E-state index contributed by atoms with van der Waals surface area (Å²) in [5.74, 6) is -0.546. The minimum atomic E-state index is -0.546. The third-order valence-corrected chi connectivity index (χ3v) is 2.63. The zero-order chi connectivity index (χ0) is 10.7. The van der Waals surface area contributed by atoms with Crippen LogP contribution in [0, 0.1) is 11.3 Å². The van der Waals surface area contributed by atoms with Crippen molar-refractivity contribution >= 4 is 30.2 Å². The first-order chi connectivity index (χ1) is 6.61. The van der Waals surface area contributed by atoms with Gasteiger partial charge in [-0.15, -0.1) is 12.6 Å². The molecule has 0 aliphatic heterocycles. The molecule has 0 radical (unpaired) electrons. The van der Waals surface area contributed by atoms with Crippen LogP contribution >= 0.6 is 24.2 Å². The number of hydrogen-bond acceptors (Lipinski definition) is 4. The van der Waals surface area contributed by atoms with Crippen LogP contribution in [0.5, 0.6) is 0 Å². The lowest BCUT2D eigenvalue weighted by Crippen LogP contribution is -2.02. The van der Waals surface area contributed by atoms with Crippen LogP contribution in [-0.2, 0) is 4.74 Å². The van der Waals surface area contributed by atoms with Crippen molar-refractivity contribution in [3.05, 3.63) is 28.3 Å². The summed E-state index contributed by atoms with van der Waals surface area (Å²) >= 11 is 9.85. The fourth-order valence-corrected chi connectivity index (χ4v) is 1.41. The topological polar surface area (TPSA) is 50.1 Å². The van der Waals surface area contributed by atoms with Crippen LogP contribution in [0.4, 0.5) is 0 Å². The maximum Gasteiger partial charge on any atom is 0.339 e. The molecule has 0 saturated carbocycles. The SMILES string of the molecule is COC(=O)c1ccc(C#N)c(S)c1Cl. The number of ether oxygens (including phenoxy) is 1. The largest absolute Gasteiger partial charge is 0.465 e. The van der Waals surface area contributed by atoms with Gasteiger partial charge in [0.25, 0.3) is 0 Å². The van der Waals surface area contributed by atoms with Crippen molar-refractivity contribution in [2.24, 2.45) is 0 Å². The summed E-state index contributed by atoms with van der Waals surface area (Å²) in [6.45, 7) is 0. The molecule has 0 heterocycles. The molecular weight excluding hydrogens is 222 g/mol. The molecule has 0 atom stereocenters. The number of methoxy groups -OCH3 is 1. The second kappa shape index (κ2) is 4.36. The molecule has 1 aromatic carbocycles. The number of carbonyl (C=O) groups is 1. The van der Waals surface area contributed by atoms with Gasteiger partial charge in [0, 0.05) is 4.90 Å². The van der Waals surface area contributed by atoms with E-state index in [1.54, 1.807) is 0 Å². The van der Waals surface area contributed by atoms with E-state index < -0.39 is 5.97 Å². The number of rotatable bonds is 1. The molecule has 0 fully saturated rings. The van der Waals surface area contributed by atoms with Crippen LogP contribution in [0.3, 0.4) is 0 Å². The van der Waals surface area contributed by atoms with Crippen LogP contribution in [0.2, 0.25) is 5.02 Å². The molecule has 0 N–H and O–H groups in total. The van der Waals surface area contributed by atoms with Gasteiger partial charge in [-0.3, -0.25) is 0 Å². The molecule has 0 saturated heterocycles. The molecule has 0 aliphatic carbocycles. The highest BCUT2D eigenvalue weighted by Crippen LogP contribution is 2.27. The Morgan fingerprint density at radius 1 is 1.64 bits per heavy atom. The summed E-state index contributed by atoms with van der Waals surface area (Å²) in [7, 11) is 1.26. The summed E-state index contributed by atoms with van der Waals surface area (Å²) in [4.78, 5) is 11.5. The zero-order valence-corrected chi connectivity index (χ0v) is 8.89. The van der Waals surface area contributed by atoms with Crippen LogP contribution in [0.1, 0.15) is 15.9 Å². The molecule has 3 nitrogen and oxygen atoms in total. The van der Waals surface area contributed by atoms with E-state index in [0.717, 1.165) is 0 Å². The highest BCUT2D eigenvalue weighted by molar-refractivity contribution is 7.80. The Kier molecular flexibility index (Phi) is 3.39. The van der Waals surface area contributed by atoms with E-state index in [0.29, 0.717) is 5.56 Å². The Labute approximate surface area is 91.7 Å². The van der Waals surface area contributed by atoms with Crippen LogP contribution < -0.4 is 0 Å². The normalized spacial score (nSPS) is 9.29. The number of benzene rings is 1. The van der Waals surface area contributed by atoms with Gasteiger partial charge in [0.15, 0.2) is 0 Å². The molecule has 14 heavy (non-hydrogen) atoms. The van der Waals surface area contributed by atoms with Crippen LogP contribution in [-0.4, -0.2) is 13.1 Å². The Balaban J connectivity index is 3.33. The Morgan fingerprint density at radius 3 is 2.79 bits per heavy atom. The van der Waals surface area contributed by atoms with E-state index in [4.69, 9.17) is 16.9 Å². The van der Waals surface area contributed by atoms with Crippen molar-refractivity contribution < 1.29 is 9.53 Å². The third-order valence-electron chi connectivity index (χ3n) is 1.64. The third kappa shape index (κ3) is 1.84. The maximum atomic E-state index is 11.2. The monoisotopic (exact) mass is 227 g/mol. The first-order valence-electron chi connectivity index (χ1n) is 3.61. The lowest BCUT2D eigenvalue weighted by atomic mass is 10.1. The summed E-state index contributed by atoms with van der Waals surface area (Å²) in [6, 6.07) is 4.82. The lowest BCUT2D eigenvalue weighted by Gasteiger charge is -2.05. The van der Waals surface area contributed by atoms with Gasteiger partial charge in [-0.05, 0) is 12.1 Å². The summed E-state index contributed by atoms with van der Waals surface area (Å²) < 4.78 is 4.51. The summed E-state index contributed by atoms with van der Waals surface area (Å²) in [6.07, 6.45) is 0. The molecule has 0 amide bonds. The van der Waals surface area contributed by atoms with Gasteiger partial charge in [0.1, 0.15) is 6.07 Å². The highest BCUT2D eigenvalue weighted by atomic mass is 35.5. The predicted octanol–water partition coefficient (Wildman–Crippen LogP) is 2.29. The van der Waals surface area contributed by atoms with Crippen LogP contribution in [0.15, 0.2) is 17.0 Å². The molecule has 1 aromatic rings. The summed E-state index contributed by atoms with van der Waals surface area (Å²) in [5.41, 5.74) is 0.532. The van der Waals surface area contributed by atoms with Gasteiger partial charge in [0.05, 0.1) is 23.3 Å². The minimum Gasteiger partial charge on any atom is -0.465 e. The number of thiol groups is 1. The first-order valence-corrected chi connectivity index (χ1v) is 4.44. The number of nitrogens with zero attached hydrogens (tertiary/aromatic N) is 1. The van der Waals surface area contributed by atoms with Gasteiger partial charge in [-0.2, -0.15) is 5.26 Å². The zero-order valence-electron chi connectivity index (χ0n) is 7.24. The Bertz CT molecular complexity index is 426. The molecule has 5 heteroatoms. The van der Waals surface area contributed by atoms with E-state index >= 15 is 0 Å². The van der Waals surface area contributed by atoms with Crippen molar-refractivity contribution in [2.45, 2.75) is 4.90 Å². The average Bonchev–Trinajstić information content (AvgIpc) is 2.21. The van der Waals surface area contributed by atoms with E-state index in [-0.39, 0.29) is 15.5 Å². The minimum absolute atomic E-state index is 0.138. The van der Waals surface area contributed by atoms with E-state index in [1.807, 2.05) is 6.07 Å². The Hall–Kier alpha value is -1.18. The van der Waals surface area contributed by atoms with Crippen molar-refractivity contribution in [3.8, 4) is 6.07 Å². The average molecular weight is 228 g/mol. The predicted molar refractivity (Wildman–Crippen MR) is 54.8 cm³/mol. The van der Waals surface area contributed by atoms with Gasteiger partial charge in [0.2, 0.25) is 0 Å². The number of carbonyl (C=O) groups excluding carboxylic acids is 1. The standard InChI is InChI=1S/C9H6ClNO2S/c1-13-9(12)6-3-2-5(4-11)8(14)7(6)10/h2-3,14H,1H3. The van der Waals surface area contributed by atoms with E-state index in [9.17, 15) is 4.79 Å². The second-order valence-electron chi connectivity index (χ2n) is 2.43. The fourth-order valence-electron chi connectivity index (χ4n) is 0.922. The van der Waals surface area contributed by atoms with Crippen molar-refractivity contribution in [1.29, 1.82) is 5.26 Å². The molecular formula is C9H6ClNO2S. The van der Waals surface area contributed by atoms with Gasteiger partial charge in [-0.25, -0.2) is 4.79 Å². The van der Waals surface area contributed by atoms with Crippen molar-refractivity contribution in [2.75, 3.05) is 7.11 Å². The first kappa shape index (κ1) is 10.9. The molecule has 1 rings (SSSR count). The molecule has 0 aliphatic rings. The number of nitriles is 1. The molecule has 0 unspecified atom stereocenters. The quantitative estimate of drug-likeness (QED) is 0.592. The van der Waals surface area contributed by atoms with Crippen molar-refractivity contribution in [1.82, 2.24) is 0 Å². The maximum absolute atomic E-state index is 11.2. The molecule has 72 valence electrons. The van der Waals surface area contributed by atoms with Gasteiger partial charge in [-0.1, -0.05) is 11.6 Å². The van der Waals surface area contributed by atoms with Crippen molar-refractivity contribution in [3.63, 3.8) is 0 Å². The van der Waals surface area contributed by atoms with Gasteiger partial charge < -0.3 is 4.74 Å². The summed E-state index contributed by atoms with van der Waals surface area (Å²) in [5, 5.41) is 8.79. The van der Waals surface area contributed by atoms with E-state index in [1.165, 1.54) is 19.2 Å². The second-order valence-corrected chi connectivity index (χ2v) is 3.25.